The molecular weight excluding hydrogens is 202 g/mol. The summed E-state index contributed by atoms with van der Waals surface area (Å²) < 4.78 is 0. The molecule has 16 heavy (non-hydrogen) atoms. The molecule has 1 N–H and O–H groups in total. The van der Waals surface area contributed by atoms with Crippen LogP contribution in [0.15, 0.2) is 0 Å². The Morgan fingerprint density at radius 2 is 2.19 bits per heavy atom. The Morgan fingerprint density at radius 1 is 1.50 bits per heavy atom. The molecule has 0 radical (unpaired) electrons. The van der Waals surface area contributed by atoms with Gasteiger partial charge in [0.2, 0.25) is 5.91 Å². The van der Waals surface area contributed by atoms with Crippen molar-refractivity contribution in [2.24, 2.45) is 11.3 Å². The largest absolute Gasteiger partial charge is 0.395 e. The van der Waals surface area contributed by atoms with Crippen LogP contribution in [0, 0.1) is 11.3 Å². The van der Waals surface area contributed by atoms with Crippen molar-refractivity contribution in [3.8, 4) is 0 Å². The normalized spacial score (nSPS) is 24.1. The number of aliphatic hydroxyl groups excluding tert-OH is 1. The zero-order valence-electron chi connectivity index (χ0n) is 10.8. The first-order valence-electron chi connectivity index (χ1n) is 6.29. The third-order valence-corrected chi connectivity index (χ3v) is 3.63. The summed E-state index contributed by atoms with van der Waals surface area (Å²) in [7, 11) is 1.77. The van der Waals surface area contributed by atoms with E-state index in [1.165, 1.54) is 19.3 Å². The first-order chi connectivity index (χ1) is 7.44. The molecule has 1 rings (SSSR count). The average Bonchev–Trinajstić information content (AvgIpc) is 2.16. The molecule has 0 bridgehead atoms. The molecule has 1 aliphatic carbocycles. The summed E-state index contributed by atoms with van der Waals surface area (Å²) >= 11 is 0. The number of likely N-dealkylation sites (N-methyl/N-ethyl adjacent to an activating group) is 1. The van der Waals surface area contributed by atoms with Gasteiger partial charge in [0.1, 0.15) is 0 Å². The second-order valence-corrected chi connectivity index (χ2v) is 5.87. The molecule has 1 atom stereocenters. The van der Waals surface area contributed by atoms with Crippen LogP contribution in [-0.4, -0.2) is 36.1 Å². The molecule has 0 spiro atoms. The first-order valence-corrected chi connectivity index (χ1v) is 6.29. The van der Waals surface area contributed by atoms with Crippen molar-refractivity contribution < 1.29 is 9.90 Å². The van der Waals surface area contributed by atoms with E-state index in [9.17, 15) is 4.79 Å². The quantitative estimate of drug-likeness (QED) is 0.798. The van der Waals surface area contributed by atoms with Crippen LogP contribution in [0.5, 0.6) is 0 Å². The Morgan fingerprint density at radius 3 is 2.75 bits per heavy atom. The number of hydrogen-bond donors (Lipinski definition) is 1. The van der Waals surface area contributed by atoms with E-state index in [1.807, 2.05) is 0 Å². The predicted octanol–water partition coefficient (Wildman–Crippen LogP) is 2.04. The van der Waals surface area contributed by atoms with Gasteiger partial charge in [0.25, 0.3) is 0 Å². The molecule has 1 aliphatic rings. The van der Waals surface area contributed by atoms with Gasteiger partial charge in [-0.2, -0.15) is 0 Å². The maximum Gasteiger partial charge on any atom is 0.222 e. The SMILES string of the molecule is CN(CCO)C(=O)CC1CCCC(C)(C)C1. The van der Waals surface area contributed by atoms with Crippen molar-refractivity contribution in [2.45, 2.75) is 46.0 Å². The van der Waals surface area contributed by atoms with Crippen molar-refractivity contribution >= 4 is 5.91 Å². The fourth-order valence-corrected chi connectivity index (χ4v) is 2.71. The van der Waals surface area contributed by atoms with E-state index in [-0.39, 0.29) is 12.5 Å². The van der Waals surface area contributed by atoms with Gasteiger partial charge in [0.05, 0.1) is 6.61 Å². The summed E-state index contributed by atoms with van der Waals surface area (Å²) in [6, 6.07) is 0. The molecule has 0 aromatic carbocycles. The number of rotatable bonds is 4. The average molecular weight is 227 g/mol. The van der Waals surface area contributed by atoms with Gasteiger partial charge in [-0.3, -0.25) is 4.79 Å². The van der Waals surface area contributed by atoms with Crippen LogP contribution in [0.1, 0.15) is 46.0 Å². The standard InChI is InChI=1S/C13H25NO2/c1-13(2)6-4-5-11(10-13)9-12(16)14(3)7-8-15/h11,15H,4-10H2,1-3H3. The zero-order valence-corrected chi connectivity index (χ0v) is 10.8. The van der Waals surface area contributed by atoms with Crippen LogP contribution in [0.4, 0.5) is 0 Å². The second kappa shape index (κ2) is 5.67. The number of amides is 1. The molecule has 1 unspecified atom stereocenters. The van der Waals surface area contributed by atoms with Gasteiger partial charge in [-0.15, -0.1) is 0 Å². The zero-order chi connectivity index (χ0) is 12.2. The number of nitrogens with zero attached hydrogens (tertiary/aromatic N) is 1. The van der Waals surface area contributed by atoms with Gasteiger partial charge in [-0.25, -0.2) is 0 Å². The Bertz CT molecular complexity index is 238. The highest BCUT2D eigenvalue weighted by Crippen LogP contribution is 2.39. The lowest BCUT2D eigenvalue weighted by Gasteiger charge is -2.35. The van der Waals surface area contributed by atoms with Crippen molar-refractivity contribution in [2.75, 3.05) is 20.2 Å². The van der Waals surface area contributed by atoms with Gasteiger partial charge in [-0.05, 0) is 30.6 Å². The lowest BCUT2D eigenvalue weighted by molar-refractivity contribution is -0.131. The van der Waals surface area contributed by atoms with Gasteiger partial charge in [-0.1, -0.05) is 20.3 Å². The molecule has 0 saturated heterocycles. The monoisotopic (exact) mass is 227 g/mol. The Balaban J connectivity index is 2.39. The summed E-state index contributed by atoms with van der Waals surface area (Å²) in [5, 5.41) is 8.78. The van der Waals surface area contributed by atoms with Gasteiger partial charge in [0.15, 0.2) is 0 Å². The highest BCUT2D eigenvalue weighted by molar-refractivity contribution is 5.76. The summed E-state index contributed by atoms with van der Waals surface area (Å²) in [5.74, 6) is 0.717. The van der Waals surface area contributed by atoms with E-state index < -0.39 is 0 Å². The minimum absolute atomic E-state index is 0.0540. The molecule has 1 amide bonds. The Labute approximate surface area is 98.8 Å². The van der Waals surface area contributed by atoms with Crippen molar-refractivity contribution in [1.29, 1.82) is 0 Å². The maximum atomic E-state index is 11.8. The Kier molecular flexibility index (Phi) is 4.78. The van der Waals surface area contributed by atoms with Crippen LogP contribution < -0.4 is 0 Å². The van der Waals surface area contributed by atoms with Gasteiger partial charge >= 0.3 is 0 Å². The molecular formula is C13H25NO2. The number of hydrogen-bond acceptors (Lipinski definition) is 2. The molecule has 1 fully saturated rings. The van der Waals surface area contributed by atoms with Gasteiger partial charge in [0, 0.05) is 20.0 Å². The third-order valence-electron chi connectivity index (χ3n) is 3.63. The van der Waals surface area contributed by atoms with E-state index in [2.05, 4.69) is 13.8 Å². The summed E-state index contributed by atoms with van der Waals surface area (Å²) in [6.07, 6.45) is 5.52. The molecule has 0 heterocycles. The van der Waals surface area contributed by atoms with Crippen molar-refractivity contribution in [1.82, 2.24) is 4.90 Å². The van der Waals surface area contributed by atoms with Gasteiger partial charge < -0.3 is 10.0 Å². The molecule has 3 heteroatoms. The highest BCUT2D eigenvalue weighted by atomic mass is 16.3. The molecule has 94 valence electrons. The minimum atomic E-state index is 0.0540. The molecule has 1 saturated carbocycles. The van der Waals surface area contributed by atoms with E-state index in [1.54, 1.807) is 11.9 Å². The topological polar surface area (TPSA) is 40.5 Å². The second-order valence-electron chi connectivity index (χ2n) is 5.87. The molecule has 3 nitrogen and oxygen atoms in total. The van der Waals surface area contributed by atoms with Crippen LogP contribution in [0.2, 0.25) is 0 Å². The highest BCUT2D eigenvalue weighted by Gasteiger charge is 2.29. The van der Waals surface area contributed by atoms with E-state index in [4.69, 9.17) is 5.11 Å². The number of carbonyl (C=O) groups is 1. The predicted molar refractivity (Wildman–Crippen MR) is 65.1 cm³/mol. The first kappa shape index (κ1) is 13.5. The smallest absolute Gasteiger partial charge is 0.222 e. The van der Waals surface area contributed by atoms with Crippen LogP contribution in [0.25, 0.3) is 0 Å². The summed E-state index contributed by atoms with van der Waals surface area (Å²) in [4.78, 5) is 13.5. The molecule has 0 aromatic rings. The summed E-state index contributed by atoms with van der Waals surface area (Å²) in [5.41, 5.74) is 0.402. The lowest BCUT2D eigenvalue weighted by Crippen LogP contribution is -2.33. The molecule has 0 aromatic heterocycles. The van der Waals surface area contributed by atoms with Crippen LogP contribution >= 0.6 is 0 Å². The minimum Gasteiger partial charge on any atom is -0.395 e. The van der Waals surface area contributed by atoms with E-state index >= 15 is 0 Å². The van der Waals surface area contributed by atoms with E-state index in [0.717, 1.165) is 6.42 Å². The van der Waals surface area contributed by atoms with Crippen molar-refractivity contribution in [3.63, 3.8) is 0 Å². The fraction of sp³-hybridized carbons (Fsp3) is 0.923. The summed E-state index contributed by atoms with van der Waals surface area (Å²) in [6.45, 7) is 5.09. The van der Waals surface area contributed by atoms with Crippen molar-refractivity contribution in [3.05, 3.63) is 0 Å². The van der Waals surface area contributed by atoms with Crippen LogP contribution in [-0.2, 0) is 4.79 Å². The molecule has 0 aliphatic heterocycles. The lowest BCUT2D eigenvalue weighted by atomic mass is 9.71. The fourth-order valence-electron chi connectivity index (χ4n) is 2.71. The maximum absolute atomic E-state index is 11.8. The number of carbonyl (C=O) groups excluding carboxylic acids is 1. The third kappa shape index (κ3) is 4.12. The van der Waals surface area contributed by atoms with E-state index in [0.29, 0.717) is 24.3 Å². The Hall–Kier alpha value is -0.570. The number of aliphatic hydroxyl groups is 1. The van der Waals surface area contributed by atoms with Crippen LogP contribution in [0.3, 0.4) is 0 Å².